The maximum absolute atomic E-state index is 4.54. The van der Waals surface area contributed by atoms with Crippen LogP contribution in [0.1, 0.15) is 47.9 Å². The highest BCUT2D eigenvalue weighted by Gasteiger charge is 2.18. The molecular formula is C11H18N2S. The van der Waals surface area contributed by atoms with E-state index < -0.39 is 0 Å². The van der Waals surface area contributed by atoms with Crippen LogP contribution in [0.4, 0.5) is 0 Å². The lowest BCUT2D eigenvalue weighted by Gasteiger charge is -2.18. The van der Waals surface area contributed by atoms with Crippen molar-refractivity contribution in [1.29, 1.82) is 0 Å². The molecule has 0 atom stereocenters. The van der Waals surface area contributed by atoms with Gasteiger partial charge in [0.25, 0.3) is 0 Å². The Balaban J connectivity index is 2.00. The summed E-state index contributed by atoms with van der Waals surface area (Å²) >= 11 is 1.89. The normalized spacial score (nSPS) is 18.6. The van der Waals surface area contributed by atoms with Crippen LogP contribution in [0.2, 0.25) is 0 Å². The Hall–Kier alpha value is -0.410. The van der Waals surface area contributed by atoms with Gasteiger partial charge in [0, 0.05) is 23.5 Å². The van der Waals surface area contributed by atoms with Gasteiger partial charge in [-0.2, -0.15) is 0 Å². The van der Waals surface area contributed by atoms with Crippen molar-refractivity contribution >= 4 is 11.3 Å². The van der Waals surface area contributed by atoms with E-state index in [0.29, 0.717) is 0 Å². The predicted molar refractivity (Wildman–Crippen MR) is 60.7 cm³/mol. The van der Waals surface area contributed by atoms with Crippen LogP contribution in [0.3, 0.4) is 0 Å². The monoisotopic (exact) mass is 210 g/mol. The molecule has 0 amide bonds. The first-order valence-corrected chi connectivity index (χ1v) is 6.31. The maximum Gasteiger partial charge on any atom is 0.0959 e. The lowest BCUT2D eigenvalue weighted by atomic mass is 9.90. The molecule has 14 heavy (non-hydrogen) atoms. The largest absolute Gasteiger partial charge is 0.315 e. The summed E-state index contributed by atoms with van der Waals surface area (Å²) in [4.78, 5) is 5.91. The third-order valence-corrected chi connectivity index (χ3v) is 4.04. The topological polar surface area (TPSA) is 24.9 Å². The first kappa shape index (κ1) is 10.1. The van der Waals surface area contributed by atoms with E-state index in [4.69, 9.17) is 0 Å². The zero-order valence-electron chi connectivity index (χ0n) is 8.75. The van der Waals surface area contributed by atoms with E-state index in [1.165, 1.54) is 42.0 Å². The van der Waals surface area contributed by atoms with E-state index in [9.17, 15) is 0 Å². The molecule has 3 heteroatoms. The van der Waals surface area contributed by atoms with Crippen molar-refractivity contribution in [2.45, 2.75) is 44.6 Å². The van der Waals surface area contributed by atoms with Crippen molar-refractivity contribution in [2.24, 2.45) is 0 Å². The lowest BCUT2D eigenvalue weighted by Crippen LogP contribution is -2.03. The van der Waals surface area contributed by atoms with E-state index in [1.54, 1.807) is 0 Å². The van der Waals surface area contributed by atoms with Gasteiger partial charge in [0.1, 0.15) is 0 Å². The number of hydrogen-bond donors (Lipinski definition) is 1. The Morgan fingerprint density at radius 1 is 1.43 bits per heavy atom. The van der Waals surface area contributed by atoms with Crippen LogP contribution >= 0.6 is 11.3 Å². The maximum atomic E-state index is 4.54. The number of rotatable bonds is 3. The SMILES string of the molecule is CNCc1cnc(C2CCCCC2)s1. The number of nitrogens with one attached hydrogen (secondary N) is 1. The second-order valence-electron chi connectivity index (χ2n) is 4.03. The molecule has 0 radical (unpaired) electrons. The van der Waals surface area contributed by atoms with E-state index in [1.807, 2.05) is 24.6 Å². The summed E-state index contributed by atoms with van der Waals surface area (Å²) in [5, 5.41) is 4.54. The second kappa shape index (κ2) is 4.89. The van der Waals surface area contributed by atoms with Gasteiger partial charge in [-0.1, -0.05) is 19.3 Å². The summed E-state index contributed by atoms with van der Waals surface area (Å²) in [5.74, 6) is 0.763. The van der Waals surface area contributed by atoms with Crippen molar-refractivity contribution in [3.05, 3.63) is 16.1 Å². The third-order valence-electron chi connectivity index (χ3n) is 2.88. The molecule has 0 aromatic carbocycles. The van der Waals surface area contributed by atoms with Gasteiger partial charge < -0.3 is 5.32 Å². The predicted octanol–water partition coefficient (Wildman–Crippen LogP) is 2.91. The average Bonchev–Trinajstić information content (AvgIpc) is 2.68. The Morgan fingerprint density at radius 2 is 2.21 bits per heavy atom. The summed E-state index contributed by atoms with van der Waals surface area (Å²) in [6, 6.07) is 0. The number of aromatic nitrogens is 1. The molecule has 0 unspecified atom stereocenters. The summed E-state index contributed by atoms with van der Waals surface area (Å²) in [5.41, 5.74) is 0. The average molecular weight is 210 g/mol. The van der Waals surface area contributed by atoms with Crippen LogP contribution in [-0.2, 0) is 6.54 Å². The van der Waals surface area contributed by atoms with Crippen LogP contribution < -0.4 is 5.32 Å². The molecule has 1 N–H and O–H groups in total. The molecule has 0 saturated heterocycles. The first-order chi connectivity index (χ1) is 6.90. The Kier molecular flexibility index (Phi) is 3.54. The highest BCUT2D eigenvalue weighted by atomic mass is 32.1. The third kappa shape index (κ3) is 2.34. The van der Waals surface area contributed by atoms with E-state index in [-0.39, 0.29) is 0 Å². The van der Waals surface area contributed by atoms with Crippen LogP contribution in [0, 0.1) is 0 Å². The molecule has 1 heterocycles. The van der Waals surface area contributed by atoms with Gasteiger partial charge in [-0.15, -0.1) is 11.3 Å². The van der Waals surface area contributed by atoms with Gasteiger partial charge in [0.2, 0.25) is 0 Å². The fourth-order valence-corrected chi connectivity index (χ4v) is 3.22. The molecule has 0 aliphatic heterocycles. The Morgan fingerprint density at radius 3 is 2.93 bits per heavy atom. The molecule has 1 saturated carbocycles. The molecule has 0 spiro atoms. The van der Waals surface area contributed by atoms with Crippen molar-refractivity contribution in [1.82, 2.24) is 10.3 Å². The van der Waals surface area contributed by atoms with Crippen molar-refractivity contribution < 1.29 is 0 Å². The van der Waals surface area contributed by atoms with Gasteiger partial charge >= 0.3 is 0 Å². The zero-order chi connectivity index (χ0) is 9.80. The fraction of sp³-hybridized carbons (Fsp3) is 0.727. The van der Waals surface area contributed by atoms with Crippen LogP contribution in [0.15, 0.2) is 6.20 Å². The lowest BCUT2D eigenvalue weighted by molar-refractivity contribution is 0.442. The smallest absolute Gasteiger partial charge is 0.0959 e. The van der Waals surface area contributed by atoms with E-state index in [2.05, 4.69) is 10.3 Å². The first-order valence-electron chi connectivity index (χ1n) is 5.49. The summed E-state index contributed by atoms with van der Waals surface area (Å²) in [7, 11) is 1.99. The number of hydrogen-bond acceptors (Lipinski definition) is 3. The van der Waals surface area contributed by atoms with Crippen molar-refractivity contribution in [2.75, 3.05) is 7.05 Å². The van der Waals surface area contributed by atoms with E-state index >= 15 is 0 Å². The molecule has 1 aliphatic rings. The highest BCUT2D eigenvalue weighted by molar-refractivity contribution is 7.11. The number of nitrogens with zero attached hydrogens (tertiary/aromatic N) is 1. The van der Waals surface area contributed by atoms with Crippen LogP contribution in [-0.4, -0.2) is 12.0 Å². The summed E-state index contributed by atoms with van der Waals surface area (Å²) in [6.45, 7) is 0.963. The molecule has 0 bridgehead atoms. The molecule has 78 valence electrons. The standard InChI is InChI=1S/C11H18N2S/c1-12-7-10-8-13-11(14-10)9-5-3-2-4-6-9/h8-9,12H,2-7H2,1H3. The minimum absolute atomic E-state index is 0.763. The minimum Gasteiger partial charge on any atom is -0.315 e. The highest BCUT2D eigenvalue weighted by Crippen LogP contribution is 2.34. The summed E-state index contributed by atoms with van der Waals surface area (Å²) in [6.07, 6.45) is 8.95. The quantitative estimate of drug-likeness (QED) is 0.829. The van der Waals surface area contributed by atoms with Crippen LogP contribution in [0.25, 0.3) is 0 Å². The molecule has 1 fully saturated rings. The Labute approximate surface area is 89.8 Å². The van der Waals surface area contributed by atoms with Gasteiger partial charge in [-0.05, 0) is 19.9 Å². The zero-order valence-corrected chi connectivity index (χ0v) is 9.57. The van der Waals surface area contributed by atoms with E-state index in [0.717, 1.165) is 12.5 Å². The number of thiazole rings is 1. The Bertz CT molecular complexity index is 277. The van der Waals surface area contributed by atoms with Gasteiger partial charge in [0.15, 0.2) is 0 Å². The summed E-state index contributed by atoms with van der Waals surface area (Å²) < 4.78 is 0. The second-order valence-corrected chi connectivity index (χ2v) is 5.18. The molecular weight excluding hydrogens is 192 g/mol. The van der Waals surface area contributed by atoms with Crippen molar-refractivity contribution in [3.8, 4) is 0 Å². The van der Waals surface area contributed by atoms with Gasteiger partial charge in [-0.3, -0.25) is 0 Å². The molecule has 1 aliphatic carbocycles. The fourth-order valence-electron chi connectivity index (χ4n) is 2.12. The minimum atomic E-state index is 0.763. The van der Waals surface area contributed by atoms with Gasteiger partial charge in [-0.25, -0.2) is 4.98 Å². The molecule has 2 nitrogen and oxygen atoms in total. The van der Waals surface area contributed by atoms with Gasteiger partial charge in [0.05, 0.1) is 5.01 Å². The molecule has 2 rings (SSSR count). The molecule has 1 aromatic rings. The van der Waals surface area contributed by atoms with Crippen molar-refractivity contribution in [3.63, 3.8) is 0 Å². The molecule has 1 aromatic heterocycles. The van der Waals surface area contributed by atoms with Crippen LogP contribution in [0.5, 0.6) is 0 Å².